The maximum Gasteiger partial charge on any atom is 0.274 e. The van der Waals surface area contributed by atoms with Crippen LogP contribution in [0.3, 0.4) is 0 Å². The van der Waals surface area contributed by atoms with Crippen LogP contribution in [-0.2, 0) is 11.3 Å². The molecule has 25 heavy (non-hydrogen) atoms. The fourth-order valence-corrected chi connectivity index (χ4v) is 4.31. The molecule has 0 amide bonds. The SMILES string of the molecule is O=c1cc(CO[C@H]2C[C@H]3CC[C@@H]2C3)nc2nc(-c3ccccc3)[nH]n12. The zero-order valence-electron chi connectivity index (χ0n) is 13.9. The van der Waals surface area contributed by atoms with Crippen LogP contribution in [0.4, 0.5) is 0 Å². The smallest absolute Gasteiger partial charge is 0.274 e. The van der Waals surface area contributed by atoms with Gasteiger partial charge < -0.3 is 4.74 Å². The lowest BCUT2D eigenvalue weighted by Crippen LogP contribution is -2.22. The number of H-pyrrole nitrogens is 1. The average molecular weight is 336 g/mol. The Hall–Kier alpha value is -2.47. The molecule has 6 nitrogen and oxygen atoms in total. The van der Waals surface area contributed by atoms with Crippen molar-refractivity contribution in [2.24, 2.45) is 11.8 Å². The fraction of sp³-hybridized carbons (Fsp3) is 0.421. The van der Waals surface area contributed by atoms with E-state index in [1.807, 2.05) is 30.3 Å². The van der Waals surface area contributed by atoms with Gasteiger partial charge in [0.15, 0.2) is 5.82 Å². The minimum absolute atomic E-state index is 0.161. The van der Waals surface area contributed by atoms with Gasteiger partial charge in [-0.3, -0.25) is 9.89 Å². The molecule has 0 radical (unpaired) electrons. The van der Waals surface area contributed by atoms with Crippen LogP contribution in [0.1, 0.15) is 31.4 Å². The van der Waals surface area contributed by atoms with Gasteiger partial charge in [0.25, 0.3) is 11.3 Å². The van der Waals surface area contributed by atoms with Gasteiger partial charge in [0.1, 0.15) is 0 Å². The van der Waals surface area contributed by atoms with E-state index in [1.54, 1.807) is 0 Å². The van der Waals surface area contributed by atoms with Crippen molar-refractivity contribution in [1.29, 1.82) is 0 Å². The molecule has 2 bridgehead atoms. The topological polar surface area (TPSA) is 72.3 Å². The highest BCUT2D eigenvalue weighted by Gasteiger charge is 2.40. The molecule has 128 valence electrons. The first-order valence-electron chi connectivity index (χ1n) is 8.92. The molecule has 2 aliphatic carbocycles. The largest absolute Gasteiger partial charge is 0.372 e. The molecule has 2 aliphatic rings. The Labute approximate surface area is 144 Å². The van der Waals surface area contributed by atoms with Crippen LogP contribution in [0, 0.1) is 11.8 Å². The van der Waals surface area contributed by atoms with Gasteiger partial charge in [0.05, 0.1) is 18.4 Å². The third kappa shape index (κ3) is 2.66. The number of rotatable bonds is 4. The van der Waals surface area contributed by atoms with Gasteiger partial charge in [0, 0.05) is 11.6 Å². The molecule has 2 heterocycles. The first-order valence-corrected chi connectivity index (χ1v) is 8.92. The van der Waals surface area contributed by atoms with Crippen molar-refractivity contribution in [2.75, 3.05) is 0 Å². The van der Waals surface area contributed by atoms with Crippen LogP contribution >= 0.6 is 0 Å². The summed E-state index contributed by atoms with van der Waals surface area (Å²) in [6.07, 6.45) is 5.43. The Morgan fingerprint density at radius 3 is 2.80 bits per heavy atom. The molecule has 1 N–H and O–H groups in total. The van der Waals surface area contributed by atoms with Crippen LogP contribution in [0.25, 0.3) is 17.2 Å². The van der Waals surface area contributed by atoms with Gasteiger partial charge in [-0.1, -0.05) is 30.3 Å². The van der Waals surface area contributed by atoms with E-state index < -0.39 is 0 Å². The third-order valence-corrected chi connectivity index (χ3v) is 5.55. The van der Waals surface area contributed by atoms with Crippen LogP contribution < -0.4 is 5.56 Å². The molecule has 5 rings (SSSR count). The monoisotopic (exact) mass is 336 g/mol. The fourth-order valence-electron chi connectivity index (χ4n) is 4.31. The minimum atomic E-state index is -0.161. The van der Waals surface area contributed by atoms with Gasteiger partial charge in [0.2, 0.25) is 0 Å². The predicted molar refractivity (Wildman–Crippen MR) is 93.1 cm³/mol. The zero-order chi connectivity index (χ0) is 16.8. The molecule has 2 saturated carbocycles. The van der Waals surface area contributed by atoms with Gasteiger partial charge in [-0.15, -0.1) is 0 Å². The molecule has 3 aromatic rings. The standard InChI is InChI=1S/C19H20N4O2/c24-17-10-15(11-25-16-9-12-6-7-14(16)8-12)20-19-21-18(22-23(17)19)13-4-2-1-3-5-13/h1-5,10,12,14,16H,6-9,11H2,(H,20,21,22)/t12-,14+,16-/m0/s1. The van der Waals surface area contributed by atoms with E-state index in [1.165, 1.54) is 29.8 Å². The van der Waals surface area contributed by atoms with Crippen molar-refractivity contribution in [3.8, 4) is 11.4 Å². The second kappa shape index (κ2) is 5.81. The number of nitrogens with zero attached hydrogens (tertiary/aromatic N) is 3. The van der Waals surface area contributed by atoms with Crippen molar-refractivity contribution in [3.05, 3.63) is 52.4 Å². The first-order chi connectivity index (χ1) is 12.3. The molecule has 6 heteroatoms. The first kappa shape index (κ1) is 14.8. The summed E-state index contributed by atoms with van der Waals surface area (Å²) in [6, 6.07) is 11.2. The summed E-state index contributed by atoms with van der Waals surface area (Å²) < 4.78 is 7.45. The Morgan fingerprint density at radius 1 is 1.16 bits per heavy atom. The quantitative estimate of drug-likeness (QED) is 0.795. The Kier molecular flexibility index (Phi) is 3.45. The predicted octanol–water partition coefficient (Wildman–Crippen LogP) is 2.79. The molecular formula is C19H20N4O2. The average Bonchev–Trinajstić information content (AvgIpc) is 3.36. The summed E-state index contributed by atoms with van der Waals surface area (Å²) in [5.74, 6) is 2.56. The number of benzene rings is 1. The van der Waals surface area contributed by atoms with Crippen molar-refractivity contribution < 1.29 is 4.74 Å². The Balaban J connectivity index is 1.40. The molecular weight excluding hydrogens is 316 g/mol. The number of hydrogen-bond donors (Lipinski definition) is 1. The van der Waals surface area contributed by atoms with Crippen molar-refractivity contribution in [1.82, 2.24) is 19.6 Å². The highest BCUT2D eigenvalue weighted by molar-refractivity contribution is 5.56. The van der Waals surface area contributed by atoms with Crippen LogP contribution in [0.2, 0.25) is 0 Å². The molecule has 1 aromatic carbocycles. The van der Waals surface area contributed by atoms with Crippen LogP contribution in [-0.4, -0.2) is 25.7 Å². The van der Waals surface area contributed by atoms with E-state index in [2.05, 4.69) is 15.1 Å². The Morgan fingerprint density at radius 2 is 2.04 bits per heavy atom. The molecule has 0 saturated heterocycles. The van der Waals surface area contributed by atoms with E-state index in [4.69, 9.17) is 4.74 Å². The number of fused-ring (bicyclic) bond motifs is 3. The lowest BCUT2D eigenvalue weighted by atomic mass is 9.98. The number of nitrogens with one attached hydrogen (secondary N) is 1. The number of hydrogen-bond acceptors (Lipinski definition) is 4. The number of ether oxygens (including phenoxy) is 1. The molecule has 3 atom stereocenters. The number of aromatic nitrogens is 4. The van der Waals surface area contributed by atoms with E-state index in [9.17, 15) is 4.79 Å². The minimum Gasteiger partial charge on any atom is -0.372 e. The summed E-state index contributed by atoms with van der Waals surface area (Å²) in [7, 11) is 0. The summed E-state index contributed by atoms with van der Waals surface area (Å²) in [6.45, 7) is 0.382. The third-order valence-electron chi connectivity index (χ3n) is 5.55. The second-order valence-electron chi connectivity index (χ2n) is 7.18. The van der Waals surface area contributed by atoms with E-state index in [0.29, 0.717) is 35.9 Å². The summed E-state index contributed by atoms with van der Waals surface area (Å²) in [5, 5.41) is 3.02. The Bertz CT molecular complexity index is 962. The summed E-state index contributed by atoms with van der Waals surface area (Å²) >= 11 is 0. The lowest BCUT2D eigenvalue weighted by Gasteiger charge is -2.21. The zero-order valence-corrected chi connectivity index (χ0v) is 13.9. The summed E-state index contributed by atoms with van der Waals surface area (Å²) in [5.41, 5.74) is 1.41. The molecule has 0 aliphatic heterocycles. The van der Waals surface area contributed by atoms with E-state index in [0.717, 1.165) is 17.9 Å². The van der Waals surface area contributed by atoms with Crippen LogP contribution in [0.5, 0.6) is 0 Å². The normalized spacial score (nSPS) is 25.0. The van der Waals surface area contributed by atoms with Gasteiger partial charge in [-0.05, 0) is 37.5 Å². The number of aromatic amines is 1. The highest BCUT2D eigenvalue weighted by atomic mass is 16.5. The van der Waals surface area contributed by atoms with Crippen molar-refractivity contribution >= 4 is 5.78 Å². The van der Waals surface area contributed by atoms with Crippen molar-refractivity contribution in [2.45, 2.75) is 38.4 Å². The highest BCUT2D eigenvalue weighted by Crippen LogP contribution is 2.46. The van der Waals surface area contributed by atoms with Gasteiger partial charge in [-0.2, -0.15) is 9.50 Å². The lowest BCUT2D eigenvalue weighted by molar-refractivity contribution is 0.00368. The van der Waals surface area contributed by atoms with Gasteiger partial charge >= 0.3 is 0 Å². The molecule has 2 fully saturated rings. The van der Waals surface area contributed by atoms with Crippen LogP contribution in [0.15, 0.2) is 41.2 Å². The van der Waals surface area contributed by atoms with Crippen molar-refractivity contribution in [3.63, 3.8) is 0 Å². The van der Waals surface area contributed by atoms with Gasteiger partial charge in [-0.25, -0.2) is 4.98 Å². The molecule has 0 spiro atoms. The molecule has 2 aromatic heterocycles. The van der Waals surface area contributed by atoms with E-state index in [-0.39, 0.29) is 5.56 Å². The molecule has 0 unspecified atom stereocenters. The maximum absolute atomic E-state index is 12.4. The second-order valence-corrected chi connectivity index (χ2v) is 7.18. The maximum atomic E-state index is 12.4. The summed E-state index contributed by atoms with van der Waals surface area (Å²) in [4.78, 5) is 21.3. The van der Waals surface area contributed by atoms with E-state index >= 15 is 0 Å².